The lowest BCUT2D eigenvalue weighted by Crippen LogP contribution is -2.23. The highest BCUT2D eigenvalue weighted by Gasteiger charge is 2.27. The van der Waals surface area contributed by atoms with Crippen molar-refractivity contribution in [1.82, 2.24) is 0 Å². The average molecular weight is 545 g/mol. The Kier molecular flexibility index (Phi) is 10.1. The van der Waals surface area contributed by atoms with E-state index in [9.17, 15) is 5.11 Å². The molecule has 1 fully saturated rings. The summed E-state index contributed by atoms with van der Waals surface area (Å²) in [5, 5.41) is 12.1. The zero-order chi connectivity index (χ0) is 28.6. The van der Waals surface area contributed by atoms with Gasteiger partial charge in [0.1, 0.15) is 0 Å². The molecular formula is C40H48O. The fourth-order valence-corrected chi connectivity index (χ4v) is 7.06. The molecule has 4 aromatic rings. The van der Waals surface area contributed by atoms with Crippen molar-refractivity contribution in [3.8, 4) is 22.3 Å². The summed E-state index contributed by atoms with van der Waals surface area (Å²) in [6.45, 7) is 8.80. The van der Waals surface area contributed by atoms with Gasteiger partial charge in [-0.05, 0) is 126 Å². The highest BCUT2D eigenvalue weighted by Crippen LogP contribution is 2.39. The third-order valence-corrected chi connectivity index (χ3v) is 9.46. The molecule has 1 unspecified atom stereocenters. The van der Waals surface area contributed by atoms with Crippen LogP contribution in [0.1, 0.15) is 76.3 Å². The minimum absolute atomic E-state index is 0.308. The van der Waals surface area contributed by atoms with Crippen LogP contribution in [0.2, 0.25) is 0 Å². The van der Waals surface area contributed by atoms with E-state index >= 15 is 0 Å². The molecule has 1 aliphatic carbocycles. The van der Waals surface area contributed by atoms with Gasteiger partial charge in [0, 0.05) is 6.61 Å². The molecule has 1 heteroatoms. The Hall–Kier alpha value is -3.16. The molecule has 1 saturated carbocycles. The van der Waals surface area contributed by atoms with Crippen molar-refractivity contribution in [2.45, 2.75) is 78.1 Å². The van der Waals surface area contributed by atoms with Gasteiger partial charge in [-0.2, -0.15) is 0 Å². The van der Waals surface area contributed by atoms with Crippen LogP contribution in [0.3, 0.4) is 0 Å². The molecule has 4 aromatic carbocycles. The molecule has 0 spiro atoms. The van der Waals surface area contributed by atoms with Crippen LogP contribution in [0.5, 0.6) is 0 Å². The smallest absolute Gasteiger partial charge is 0.0433 e. The molecule has 0 amide bonds. The highest BCUT2D eigenvalue weighted by atomic mass is 16.3. The Bertz CT molecular complexity index is 1400. The third kappa shape index (κ3) is 7.77. The van der Waals surface area contributed by atoms with Crippen LogP contribution in [0.15, 0.2) is 97.1 Å². The molecule has 5 rings (SSSR count). The summed E-state index contributed by atoms with van der Waals surface area (Å²) in [7, 11) is 0. The molecule has 0 aromatic heterocycles. The topological polar surface area (TPSA) is 20.2 Å². The van der Waals surface area contributed by atoms with E-state index < -0.39 is 0 Å². The van der Waals surface area contributed by atoms with E-state index in [0.717, 1.165) is 31.1 Å². The molecule has 1 nitrogen and oxygen atoms in total. The Morgan fingerprint density at radius 1 is 0.732 bits per heavy atom. The lowest BCUT2D eigenvalue weighted by molar-refractivity contribution is 0.161. The molecule has 0 radical (unpaired) electrons. The molecule has 1 aliphatic rings. The van der Waals surface area contributed by atoms with Crippen LogP contribution >= 0.6 is 0 Å². The number of aliphatic hydroxyl groups is 1. The van der Waals surface area contributed by atoms with Crippen molar-refractivity contribution in [2.24, 2.45) is 17.8 Å². The largest absolute Gasteiger partial charge is 0.396 e. The number of hydrogen-bond acceptors (Lipinski definition) is 1. The lowest BCUT2D eigenvalue weighted by Gasteiger charge is -2.34. The average Bonchev–Trinajstić information content (AvgIpc) is 3.00. The van der Waals surface area contributed by atoms with Crippen LogP contribution in [0, 0.1) is 17.8 Å². The summed E-state index contributed by atoms with van der Waals surface area (Å²) in [5.74, 6) is 2.22. The predicted molar refractivity (Wildman–Crippen MR) is 177 cm³/mol. The maximum atomic E-state index is 9.52. The van der Waals surface area contributed by atoms with E-state index in [1.165, 1.54) is 94.7 Å². The van der Waals surface area contributed by atoms with Gasteiger partial charge in [-0.1, -0.05) is 105 Å². The van der Waals surface area contributed by atoms with E-state index in [2.05, 4.69) is 105 Å². The zero-order valence-corrected chi connectivity index (χ0v) is 25.2. The van der Waals surface area contributed by atoms with Crippen molar-refractivity contribution >= 4 is 10.8 Å². The molecule has 0 saturated heterocycles. The van der Waals surface area contributed by atoms with Gasteiger partial charge in [0.05, 0.1) is 0 Å². The molecule has 214 valence electrons. The molecule has 41 heavy (non-hydrogen) atoms. The summed E-state index contributed by atoms with van der Waals surface area (Å²) in [4.78, 5) is 0. The number of aliphatic hydroxyl groups excluding tert-OH is 1. The number of aryl methyl sites for hydroxylation is 2. The summed E-state index contributed by atoms with van der Waals surface area (Å²) in [6.07, 6.45) is 12.1. The summed E-state index contributed by atoms with van der Waals surface area (Å²) in [6, 6.07) is 32.0. The third-order valence-electron chi connectivity index (χ3n) is 9.46. The van der Waals surface area contributed by atoms with Crippen molar-refractivity contribution < 1.29 is 5.11 Å². The van der Waals surface area contributed by atoms with Crippen molar-refractivity contribution in [3.63, 3.8) is 0 Å². The van der Waals surface area contributed by atoms with Crippen LogP contribution in [0.4, 0.5) is 0 Å². The number of benzene rings is 4. The van der Waals surface area contributed by atoms with E-state index in [-0.39, 0.29) is 0 Å². The summed E-state index contributed by atoms with van der Waals surface area (Å²) < 4.78 is 0. The van der Waals surface area contributed by atoms with Gasteiger partial charge in [-0.15, -0.1) is 6.58 Å². The quantitative estimate of drug-likeness (QED) is 0.176. The van der Waals surface area contributed by atoms with Gasteiger partial charge in [0.15, 0.2) is 0 Å². The van der Waals surface area contributed by atoms with Gasteiger partial charge < -0.3 is 5.11 Å². The molecule has 0 heterocycles. The fourth-order valence-electron chi connectivity index (χ4n) is 7.06. The first-order valence-electron chi connectivity index (χ1n) is 16.0. The highest BCUT2D eigenvalue weighted by molar-refractivity contribution is 5.90. The zero-order valence-electron chi connectivity index (χ0n) is 25.2. The molecule has 0 aliphatic heterocycles. The SMILES string of the molecule is C=C(C)CC(CCO)C1CCC(CCc2ccc(-c3ccc4cc(-c5ccc(CCC)cc5)ccc4c3)cc2)CC1. The van der Waals surface area contributed by atoms with E-state index in [4.69, 9.17) is 0 Å². The monoisotopic (exact) mass is 544 g/mol. The van der Waals surface area contributed by atoms with Crippen LogP contribution in [0.25, 0.3) is 33.0 Å². The second kappa shape index (κ2) is 14.1. The first kappa shape index (κ1) is 29.3. The minimum Gasteiger partial charge on any atom is -0.396 e. The molecule has 1 atom stereocenters. The second-order valence-corrected chi connectivity index (χ2v) is 12.7. The van der Waals surface area contributed by atoms with Crippen LogP contribution < -0.4 is 0 Å². The Balaban J connectivity index is 1.16. The fraction of sp³-hybridized carbons (Fsp3) is 0.400. The number of fused-ring (bicyclic) bond motifs is 1. The van der Waals surface area contributed by atoms with Crippen molar-refractivity contribution in [3.05, 3.63) is 108 Å². The maximum Gasteiger partial charge on any atom is 0.0433 e. The summed E-state index contributed by atoms with van der Waals surface area (Å²) in [5.41, 5.74) is 9.27. The number of hydrogen-bond donors (Lipinski definition) is 1. The van der Waals surface area contributed by atoms with Gasteiger partial charge in [-0.3, -0.25) is 0 Å². The molecule has 0 bridgehead atoms. The van der Waals surface area contributed by atoms with Crippen LogP contribution in [-0.2, 0) is 12.8 Å². The van der Waals surface area contributed by atoms with Gasteiger partial charge in [0.25, 0.3) is 0 Å². The van der Waals surface area contributed by atoms with Gasteiger partial charge in [0.2, 0.25) is 0 Å². The summed E-state index contributed by atoms with van der Waals surface area (Å²) >= 11 is 0. The minimum atomic E-state index is 0.308. The van der Waals surface area contributed by atoms with Crippen molar-refractivity contribution in [1.29, 1.82) is 0 Å². The number of rotatable bonds is 12. The van der Waals surface area contributed by atoms with Crippen molar-refractivity contribution in [2.75, 3.05) is 6.61 Å². The van der Waals surface area contributed by atoms with Gasteiger partial charge in [-0.25, -0.2) is 0 Å². The molecule has 1 N–H and O–H groups in total. The first-order chi connectivity index (χ1) is 20.0. The Morgan fingerprint density at radius 3 is 1.73 bits per heavy atom. The molecular weight excluding hydrogens is 496 g/mol. The maximum absolute atomic E-state index is 9.52. The van der Waals surface area contributed by atoms with E-state index in [1.54, 1.807) is 0 Å². The van der Waals surface area contributed by atoms with E-state index in [0.29, 0.717) is 12.5 Å². The Labute approximate surface area is 248 Å². The van der Waals surface area contributed by atoms with E-state index in [1.807, 2.05) is 0 Å². The standard InChI is InChI=1S/C40H48O/c1-4-5-30-8-14-33(15-9-30)36-20-22-39-28-37(21-23-38(39)27-36)34-16-10-31(11-17-34)6-7-32-12-18-35(19-13-32)40(24-25-41)26-29(2)3/h8-11,14-17,20-23,27-28,32,35,40-41H,2,4-7,12-13,18-19,24-26H2,1,3H3. The predicted octanol–water partition coefficient (Wildman–Crippen LogP) is 10.8. The normalized spacial score (nSPS) is 17.9. The number of allylic oxidation sites excluding steroid dienone is 1. The second-order valence-electron chi connectivity index (χ2n) is 12.7. The first-order valence-corrected chi connectivity index (χ1v) is 16.0. The Morgan fingerprint density at radius 2 is 1.24 bits per heavy atom. The lowest BCUT2D eigenvalue weighted by atomic mass is 9.72. The van der Waals surface area contributed by atoms with Crippen LogP contribution in [-0.4, -0.2) is 11.7 Å². The van der Waals surface area contributed by atoms with Gasteiger partial charge >= 0.3 is 0 Å².